The molecule has 2 N–H and O–H groups in total. The smallest absolute Gasteiger partial charge is 0.269 e. The average molecular weight is 377 g/mol. The van der Waals surface area contributed by atoms with Crippen molar-refractivity contribution in [2.24, 2.45) is 0 Å². The van der Waals surface area contributed by atoms with Crippen LogP contribution in [0.3, 0.4) is 0 Å². The SMILES string of the molecule is Cc1ccc(CNC(=O)c2ccnc(C(=O)NCCC3=CCCCC3)c2)cc1. The summed E-state index contributed by atoms with van der Waals surface area (Å²) in [6, 6.07) is 11.2. The molecular weight excluding hydrogens is 350 g/mol. The molecule has 146 valence electrons. The van der Waals surface area contributed by atoms with Gasteiger partial charge in [0.15, 0.2) is 0 Å². The number of nitrogens with zero attached hydrogens (tertiary/aromatic N) is 1. The Morgan fingerprint density at radius 1 is 1.04 bits per heavy atom. The van der Waals surface area contributed by atoms with Gasteiger partial charge in [-0.05, 0) is 56.7 Å². The minimum Gasteiger partial charge on any atom is -0.350 e. The van der Waals surface area contributed by atoms with Gasteiger partial charge in [-0.2, -0.15) is 0 Å². The van der Waals surface area contributed by atoms with Crippen LogP contribution in [0.2, 0.25) is 0 Å². The van der Waals surface area contributed by atoms with E-state index in [0.29, 0.717) is 18.7 Å². The Bertz CT molecular complexity index is 856. The number of allylic oxidation sites excluding steroid dienone is 1. The number of carbonyl (C=O) groups excluding carboxylic acids is 2. The quantitative estimate of drug-likeness (QED) is 0.718. The van der Waals surface area contributed by atoms with Crippen LogP contribution >= 0.6 is 0 Å². The fraction of sp³-hybridized carbons (Fsp3) is 0.348. The molecule has 1 aliphatic rings. The number of pyridine rings is 1. The molecule has 0 atom stereocenters. The highest BCUT2D eigenvalue weighted by Gasteiger charge is 2.12. The zero-order chi connectivity index (χ0) is 19.8. The van der Waals surface area contributed by atoms with Gasteiger partial charge in [0.1, 0.15) is 5.69 Å². The maximum atomic E-state index is 12.4. The third-order valence-electron chi connectivity index (χ3n) is 4.95. The van der Waals surface area contributed by atoms with Crippen molar-refractivity contribution in [1.82, 2.24) is 15.6 Å². The van der Waals surface area contributed by atoms with Crippen LogP contribution in [0.15, 0.2) is 54.2 Å². The van der Waals surface area contributed by atoms with Gasteiger partial charge >= 0.3 is 0 Å². The van der Waals surface area contributed by atoms with Gasteiger partial charge in [0, 0.05) is 24.8 Å². The topological polar surface area (TPSA) is 71.1 Å². The van der Waals surface area contributed by atoms with Crippen LogP contribution in [-0.2, 0) is 6.54 Å². The Balaban J connectivity index is 1.51. The Labute approximate surface area is 166 Å². The number of aryl methyl sites for hydroxylation is 1. The van der Waals surface area contributed by atoms with E-state index in [1.54, 1.807) is 12.1 Å². The zero-order valence-corrected chi connectivity index (χ0v) is 16.3. The molecule has 0 saturated heterocycles. The minimum absolute atomic E-state index is 0.218. The second-order valence-electron chi connectivity index (χ2n) is 7.21. The molecule has 2 amide bonds. The van der Waals surface area contributed by atoms with Crippen LogP contribution < -0.4 is 10.6 Å². The standard InChI is InChI=1S/C23H27N3O2/c1-17-7-9-19(10-8-17)16-26-22(27)20-12-14-24-21(15-20)23(28)25-13-11-18-5-3-2-4-6-18/h5,7-10,12,14-15H,2-4,6,11,13,16H2,1H3,(H,25,28)(H,26,27). The first-order valence-electron chi connectivity index (χ1n) is 9.88. The summed E-state index contributed by atoms with van der Waals surface area (Å²) in [5.74, 6) is -0.464. The number of rotatable bonds is 7. The van der Waals surface area contributed by atoms with Crippen molar-refractivity contribution in [1.29, 1.82) is 0 Å². The number of hydrogen-bond donors (Lipinski definition) is 2. The summed E-state index contributed by atoms with van der Waals surface area (Å²) in [5.41, 5.74) is 4.33. The van der Waals surface area contributed by atoms with Gasteiger partial charge in [-0.15, -0.1) is 0 Å². The van der Waals surface area contributed by atoms with E-state index in [4.69, 9.17) is 0 Å². The normalized spacial score (nSPS) is 13.5. The summed E-state index contributed by atoms with van der Waals surface area (Å²) in [6.45, 7) is 3.06. The fourth-order valence-corrected chi connectivity index (χ4v) is 3.25. The Kier molecular flexibility index (Phi) is 6.95. The van der Waals surface area contributed by atoms with Crippen LogP contribution in [0.25, 0.3) is 0 Å². The fourth-order valence-electron chi connectivity index (χ4n) is 3.25. The molecule has 0 aliphatic heterocycles. The second kappa shape index (κ2) is 9.83. The maximum Gasteiger partial charge on any atom is 0.269 e. The van der Waals surface area contributed by atoms with Gasteiger partial charge in [0.05, 0.1) is 0 Å². The van der Waals surface area contributed by atoms with Crippen molar-refractivity contribution in [2.45, 2.75) is 45.6 Å². The summed E-state index contributed by atoms with van der Waals surface area (Å²) in [6.07, 6.45) is 9.43. The summed E-state index contributed by atoms with van der Waals surface area (Å²) in [5, 5.41) is 5.78. The molecule has 5 nitrogen and oxygen atoms in total. The van der Waals surface area contributed by atoms with Crippen LogP contribution in [0.4, 0.5) is 0 Å². The number of benzene rings is 1. The van der Waals surface area contributed by atoms with Crippen molar-refractivity contribution in [3.8, 4) is 0 Å². The average Bonchev–Trinajstić information content (AvgIpc) is 2.74. The van der Waals surface area contributed by atoms with E-state index in [2.05, 4.69) is 21.7 Å². The molecule has 1 heterocycles. The molecule has 5 heteroatoms. The van der Waals surface area contributed by atoms with E-state index in [9.17, 15) is 9.59 Å². The van der Waals surface area contributed by atoms with Gasteiger partial charge in [0.2, 0.25) is 0 Å². The first kappa shape index (κ1) is 19.8. The first-order chi connectivity index (χ1) is 13.6. The molecule has 0 spiro atoms. The lowest BCUT2D eigenvalue weighted by Gasteiger charge is -2.13. The van der Waals surface area contributed by atoms with Crippen molar-refractivity contribution in [3.05, 3.63) is 76.6 Å². The molecule has 0 fully saturated rings. The van der Waals surface area contributed by atoms with E-state index in [1.165, 1.54) is 30.2 Å². The highest BCUT2D eigenvalue weighted by atomic mass is 16.2. The second-order valence-corrected chi connectivity index (χ2v) is 7.21. The lowest BCUT2D eigenvalue weighted by atomic mass is 9.97. The van der Waals surface area contributed by atoms with Gasteiger partial charge in [0.25, 0.3) is 11.8 Å². The van der Waals surface area contributed by atoms with Gasteiger partial charge in [-0.25, -0.2) is 0 Å². The number of hydrogen-bond acceptors (Lipinski definition) is 3. The van der Waals surface area contributed by atoms with E-state index < -0.39 is 0 Å². The van der Waals surface area contributed by atoms with E-state index in [-0.39, 0.29) is 17.5 Å². The molecule has 28 heavy (non-hydrogen) atoms. The lowest BCUT2D eigenvalue weighted by Crippen LogP contribution is -2.27. The molecule has 0 bridgehead atoms. The zero-order valence-electron chi connectivity index (χ0n) is 16.3. The summed E-state index contributed by atoms with van der Waals surface area (Å²) >= 11 is 0. The number of aromatic nitrogens is 1. The van der Waals surface area contributed by atoms with E-state index in [0.717, 1.165) is 24.8 Å². The third kappa shape index (κ3) is 5.78. The number of amides is 2. The predicted molar refractivity (Wildman–Crippen MR) is 110 cm³/mol. The highest BCUT2D eigenvalue weighted by Crippen LogP contribution is 2.19. The van der Waals surface area contributed by atoms with Gasteiger partial charge < -0.3 is 10.6 Å². The molecule has 0 radical (unpaired) electrons. The van der Waals surface area contributed by atoms with E-state index in [1.807, 2.05) is 31.2 Å². The molecule has 1 aromatic heterocycles. The lowest BCUT2D eigenvalue weighted by molar-refractivity contribution is 0.0949. The summed E-state index contributed by atoms with van der Waals surface area (Å²) in [7, 11) is 0. The van der Waals surface area contributed by atoms with Crippen LogP contribution in [0.1, 0.15) is 64.1 Å². The van der Waals surface area contributed by atoms with Crippen LogP contribution in [0.5, 0.6) is 0 Å². The van der Waals surface area contributed by atoms with Gasteiger partial charge in [-0.3, -0.25) is 14.6 Å². The Hall–Kier alpha value is -2.95. The monoisotopic (exact) mass is 377 g/mol. The molecule has 0 saturated carbocycles. The molecule has 1 aliphatic carbocycles. The molecule has 1 aromatic carbocycles. The summed E-state index contributed by atoms with van der Waals surface area (Å²) < 4.78 is 0. The third-order valence-corrected chi connectivity index (χ3v) is 4.95. The van der Waals surface area contributed by atoms with Crippen LogP contribution in [-0.4, -0.2) is 23.3 Å². The number of carbonyl (C=O) groups is 2. The molecular formula is C23H27N3O2. The van der Waals surface area contributed by atoms with E-state index >= 15 is 0 Å². The van der Waals surface area contributed by atoms with Crippen molar-refractivity contribution >= 4 is 11.8 Å². The molecule has 3 rings (SSSR count). The Morgan fingerprint density at radius 3 is 2.61 bits per heavy atom. The molecule has 0 unspecified atom stereocenters. The summed E-state index contributed by atoms with van der Waals surface area (Å²) in [4.78, 5) is 28.9. The van der Waals surface area contributed by atoms with Crippen molar-refractivity contribution < 1.29 is 9.59 Å². The maximum absolute atomic E-state index is 12.4. The number of nitrogens with one attached hydrogen (secondary N) is 2. The highest BCUT2D eigenvalue weighted by molar-refractivity contribution is 5.98. The van der Waals surface area contributed by atoms with Crippen LogP contribution in [0, 0.1) is 6.92 Å². The van der Waals surface area contributed by atoms with Crippen molar-refractivity contribution in [3.63, 3.8) is 0 Å². The first-order valence-corrected chi connectivity index (χ1v) is 9.88. The Morgan fingerprint density at radius 2 is 1.86 bits per heavy atom. The predicted octanol–water partition coefficient (Wildman–Crippen LogP) is 3.94. The minimum atomic E-state index is -0.246. The largest absolute Gasteiger partial charge is 0.350 e. The molecule has 2 aromatic rings. The van der Waals surface area contributed by atoms with Crippen molar-refractivity contribution in [2.75, 3.05) is 6.54 Å². The van der Waals surface area contributed by atoms with Gasteiger partial charge in [-0.1, -0.05) is 41.5 Å².